The fourth-order valence-electron chi connectivity index (χ4n) is 4.13. The number of ether oxygens (including phenoxy) is 2. The molecule has 0 bridgehead atoms. The van der Waals surface area contributed by atoms with Crippen LogP contribution in [0, 0.1) is 5.82 Å². The Hall–Kier alpha value is -3.38. The smallest absolute Gasteiger partial charge is 0.406 e. The SMILES string of the molecule is COCCCc1ccc(-c2ccc3c(F)c(CCc4ccc(OC(F)(F)F)cc4)ccc3c2)cc1. The van der Waals surface area contributed by atoms with E-state index in [0.717, 1.165) is 41.5 Å². The number of methoxy groups -OCH3 is 1. The molecule has 0 aliphatic heterocycles. The van der Waals surface area contributed by atoms with Crippen molar-refractivity contribution >= 4 is 10.8 Å². The number of aryl methyl sites for hydroxylation is 3. The van der Waals surface area contributed by atoms with Crippen molar-refractivity contribution in [3.8, 4) is 16.9 Å². The van der Waals surface area contributed by atoms with Gasteiger partial charge >= 0.3 is 6.36 Å². The Balaban J connectivity index is 1.44. The van der Waals surface area contributed by atoms with Crippen molar-refractivity contribution in [2.24, 2.45) is 0 Å². The molecule has 35 heavy (non-hydrogen) atoms. The zero-order valence-corrected chi connectivity index (χ0v) is 19.4. The topological polar surface area (TPSA) is 18.5 Å². The first kappa shape index (κ1) is 24.7. The molecule has 0 aliphatic carbocycles. The summed E-state index contributed by atoms with van der Waals surface area (Å²) in [6, 6.07) is 23.5. The number of hydrogen-bond donors (Lipinski definition) is 0. The first-order valence-corrected chi connectivity index (χ1v) is 11.5. The highest BCUT2D eigenvalue weighted by atomic mass is 19.4. The molecule has 0 radical (unpaired) electrons. The Labute approximate surface area is 202 Å². The lowest BCUT2D eigenvalue weighted by Gasteiger charge is -2.11. The summed E-state index contributed by atoms with van der Waals surface area (Å²) in [4.78, 5) is 0. The van der Waals surface area contributed by atoms with Gasteiger partial charge in [-0.2, -0.15) is 0 Å². The van der Waals surface area contributed by atoms with Crippen LogP contribution < -0.4 is 4.74 Å². The summed E-state index contributed by atoms with van der Waals surface area (Å²) in [7, 11) is 1.70. The number of benzene rings is 4. The summed E-state index contributed by atoms with van der Waals surface area (Å²) in [5.74, 6) is -0.533. The molecule has 0 fully saturated rings. The highest BCUT2D eigenvalue weighted by molar-refractivity contribution is 5.88. The van der Waals surface area contributed by atoms with Crippen LogP contribution in [0.3, 0.4) is 0 Å². The molecule has 0 atom stereocenters. The molecular weight excluding hydrogens is 456 g/mol. The fourth-order valence-corrected chi connectivity index (χ4v) is 4.13. The number of rotatable bonds is 9. The molecular formula is C29H26F4O2. The van der Waals surface area contributed by atoms with Crippen LogP contribution in [0.4, 0.5) is 17.6 Å². The molecule has 4 aromatic carbocycles. The van der Waals surface area contributed by atoms with Crippen LogP contribution in [0.2, 0.25) is 0 Å². The van der Waals surface area contributed by atoms with E-state index in [1.54, 1.807) is 31.4 Å². The molecule has 0 heterocycles. The predicted octanol–water partition coefficient (Wildman–Crippen LogP) is 7.91. The standard InChI is InChI=1S/C29H26F4O2/c1-34-18-2-3-20-4-9-22(10-5-20)24-14-17-27-25(19-24)13-12-23(28(27)30)11-6-21-7-15-26(16-8-21)35-29(31,32)33/h4-5,7-10,12-17,19H,2-3,6,11,18H2,1H3. The van der Waals surface area contributed by atoms with Gasteiger partial charge in [-0.25, -0.2) is 4.39 Å². The van der Waals surface area contributed by atoms with Crippen molar-refractivity contribution < 1.29 is 27.0 Å². The van der Waals surface area contributed by atoms with E-state index in [2.05, 4.69) is 29.0 Å². The van der Waals surface area contributed by atoms with E-state index < -0.39 is 6.36 Å². The lowest BCUT2D eigenvalue weighted by Crippen LogP contribution is -2.17. The molecule has 6 heteroatoms. The highest BCUT2D eigenvalue weighted by Gasteiger charge is 2.30. The Bertz CT molecular complexity index is 1260. The average molecular weight is 483 g/mol. The van der Waals surface area contributed by atoms with Gasteiger partial charge < -0.3 is 9.47 Å². The summed E-state index contributed by atoms with van der Waals surface area (Å²) in [6.45, 7) is 0.739. The van der Waals surface area contributed by atoms with Gasteiger partial charge in [0.1, 0.15) is 11.6 Å². The van der Waals surface area contributed by atoms with Gasteiger partial charge in [0.25, 0.3) is 0 Å². The third kappa shape index (κ3) is 6.61. The summed E-state index contributed by atoms with van der Waals surface area (Å²) in [5, 5.41) is 1.37. The van der Waals surface area contributed by atoms with Crippen LogP contribution in [-0.2, 0) is 24.0 Å². The van der Waals surface area contributed by atoms with Gasteiger partial charge in [0.15, 0.2) is 0 Å². The minimum absolute atomic E-state index is 0.264. The first-order valence-electron chi connectivity index (χ1n) is 11.5. The van der Waals surface area contributed by atoms with Crippen molar-refractivity contribution in [3.05, 3.63) is 101 Å². The van der Waals surface area contributed by atoms with Crippen molar-refractivity contribution in [1.29, 1.82) is 0 Å². The van der Waals surface area contributed by atoms with Crippen molar-refractivity contribution in [2.75, 3.05) is 13.7 Å². The van der Waals surface area contributed by atoms with E-state index in [1.165, 1.54) is 17.7 Å². The molecule has 0 aromatic heterocycles. The molecule has 0 spiro atoms. The zero-order valence-electron chi connectivity index (χ0n) is 19.4. The lowest BCUT2D eigenvalue weighted by atomic mass is 9.96. The van der Waals surface area contributed by atoms with Crippen molar-refractivity contribution in [2.45, 2.75) is 32.0 Å². The maximum atomic E-state index is 15.2. The quantitative estimate of drug-likeness (QED) is 0.178. The molecule has 0 saturated carbocycles. The zero-order chi connectivity index (χ0) is 24.8. The summed E-state index contributed by atoms with van der Waals surface area (Å²) in [6.07, 6.45) is -1.84. The second-order valence-electron chi connectivity index (χ2n) is 8.46. The molecule has 4 aromatic rings. The predicted molar refractivity (Wildman–Crippen MR) is 130 cm³/mol. The third-order valence-electron chi connectivity index (χ3n) is 5.98. The lowest BCUT2D eigenvalue weighted by molar-refractivity contribution is -0.274. The highest BCUT2D eigenvalue weighted by Crippen LogP contribution is 2.29. The van der Waals surface area contributed by atoms with E-state index in [0.29, 0.717) is 23.8 Å². The summed E-state index contributed by atoms with van der Waals surface area (Å²) in [5.41, 5.74) is 4.73. The van der Waals surface area contributed by atoms with E-state index >= 15 is 4.39 Å². The number of fused-ring (bicyclic) bond motifs is 1. The third-order valence-corrected chi connectivity index (χ3v) is 5.98. The van der Waals surface area contributed by atoms with E-state index in [4.69, 9.17) is 4.74 Å². The van der Waals surface area contributed by atoms with Gasteiger partial charge in [-0.15, -0.1) is 13.2 Å². The Morgan fingerprint density at radius 3 is 2.06 bits per heavy atom. The van der Waals surface area contributed by atoms with Gasteiger partial charge in [0.05, 0.1) is 0 Å². The minimum atomic E-state index is -4.72. The molecule has 0 aliphatic rings. The van der Waals surface area contributed by atoms with Crippen LogP contribution in [0.15, 0.2) is 78.9 Å². The molecule has 2 nitrogen and oxygen atoms in total. The van der Waals surface area contributed by atoms with Gasteiger partial charge in [-0.1, -0.05) is 60.7 Å². The van der Waals surface area contributed by atoms with Crippen LogP contribution >= 0.6 is 0 Å². The first-order chi connectivity index (χ1) is 16.8. The van der Waals surface area contributed by atoms with Crippen LogP contribution in [0.5, 0.6) is 5.75 Å². The normalized spacial score (nSPS) is 11.7. The second kappa shape index (κ2) is 10.9. The number of hydrogen-bond acceptors (Lipinski definition) is 2. The molecule has 182 valence electrons. The van der Waals surface area contributed by atoms with Crippen molar-refractivity contribution in [1.82, 2.24) is 0 Å². The monoisotopic (exact) mass is 482 g/mol. The summed E-state index contributed by atoms with van der Waals surface area (Å²) < 4.78 is 61.1. The maximum Gasteiger partial charge on any atom is 0.573 e. The van der Waals surface area contributed by atoms with Crippen LogP contribution in [0.25, 0.3) is 21.9 Å². The second-order valence-corrected chi connectivity index (χ2v) is 8.46. The van der Waals surface area contributed by atoms with Gasteiger partial charge in [-0.05, 0) is 77.1 Å². The van der Waals surface area contributed by atoms with E-state index in [-0.39, 0.29) is 11.6 Å². The molecule has 4 rings (SSSR count). The number of halogens is 4. The number of alkyl halides is 3. The van der Waals surface area contributed by atoms with E-state index in [1.807, 2.05) is 18.2 Å². The Morgan fingerprint density at radius 1 is 0.714 bits per heavy atom. The molecule has 0 unspecified atom stereocenters. The van der Waals surface area contributed by atoms with Gasteiger partial charge in [0, 0.05) is 19.1 Å². The van der Waals surface area contributed by atoms with E-state index in [9.17, 15) is 13.2 Å². The Kier molecular flexibility index (Phi) is 7.71. The van der Waals surface area contributed by atoms with Gasteiger partial charge in [0.2, 0.25) is 0 Å². The molecule has 0 amide bonds. The fraction of sp³-hybridized carbons (Fsp3) is 0.241. The largest absolute Gasteiger partial charge is 0.573 e. The minimum Gasteiger partial charge on any atom is -0.406 e. The molecule has 0 saturated heterocycles. The Morgan fingerprint density at radius 2 is 1.37 bits per heavy atom. The molecule has 0 N–H and O–H groups in total. The van der Waals surface area contributed by atoms with Crippen LogP contribution in [-0.4, -0.2) is 20.1 Å². The van der Waals surface area contributed by atoms with Gasteiger partial charge in [-0.3, -0.25) is 0 Å². The van der Waals surface area contributed by atoms with Crippen molar-refractivity contribution in [3.63, 3.8) is 0 Å². The van der Waals surface area contributed by atoms with Crippen LogP contribution in [0.1, 0.15) is 23.1 Å². The maximum absolute atomic E-state index is 15.2. The summed E-state index contributed by atoms with van der Waals surface area (Å²) >= 11 is 0. The average Bonchev–Trinajstić information content (AvgIpc) is 2.84.